The highest BCUT2D eigenvalue weighted by molar-refractivity contribution is 7.15. The normalized spacial score (nSPS) is 30.5. The predicted molar refractivity (Wildman–Crippen MR) is 90.5 cm³/mol. The molecule has 0 spiro atoms. The highest BCUT2D eigenvalue weighted by atomic mass is 32.1. The number of piperidine rings is 3. The van der Waals surface area contributed by atoms with Crippen LogP contribution in [0.4, 0.5) is 0 Å². The van der Waals surface area contributed by atoms with Crippen LogP contribution in [-0.2, 0) is 0 Å². The molecular weight excluding hydrogens is 292 g/mol. The van der Waals surface area contributed by atoms with E-state index in [0.29, 0.717) is 18.1 Å². The van der Waals surface area contributed by atoms with E-state index < -0.39 is 0 Å². The van der Waals surface area contributed by atoms with Gasteiger partial charge in [0.15, 0.2) is 0 Å². The molecule has 22 heavy (non-hydrogen) atoms. The molecule has 0 aromatic carbocycles. The number of nitrogens with zero attached hydrogens (tertiary/aromatic N) is 2. The molecule has 2 atom stereocenters. The molecular formula is C18H22N2OS. The average Bonchev–Trinajstić information content (AvgIpc) is 2.98. The van der Waals surface area contributed by atoms with Crippen LogP contribution in [0, 0.1) is 12.8 Å². The number of thiophene rings is 1. The molecule has 0 N–H and O–H groups in total. The number of hydrogen-bond acceptors (Lipinski definition) is 4. The fourth-order valence-corrected chi connectivity index (χ4v) is 4.63. The molecule has 3 saturated heterocycles. The third-order valence-corrected chi connectivity index (χ3v) is 6.16. The highest BCUT2D eigenvalue weighted by Gasteiger charge is 2.41. The van der Waals surface area contributed by atoms with Crippen molar-refractivity contribution in [3.8, 4) is 16.3 Å². The molecule has 0 amide bonds. The lowest BCUT2D eigenvalue weighted by atomic mass is 9.81. The summed E-state index contributed by atoms with van der Waals surface area (Å²) in [5.74, 6) is 1.46. The van der Waals surface area contributed by atoms with Crippen molar-refractivity contribution in [1.29, 1.82) is 0 Å². The number of aryl methyl sites for hydroxylation is 1. The van der Waals surface area contributed by atoms with Gasteiger partial charge in [0.2, 0.25) is 5.88 Å². The molecule has 0 saturated carbocycles. The number of hydrogen-bond donors (Lipinski definition) is 0. The summed E-state index contributed by atoms with van der Waals surface area (Å²) in [6.45, 7) is 6.89. The summed E-state index contributed by atoms with van der Waals surface area (Å²) in [4.78, 5) is 9.69. The number of pyridine rings is 1. The van der Waals surface area contributed by atoms with Crippen molar-refractivity contribution < 1.29 is 4.74 Å². The molecule has 0 aliphatic carbocycles. The van der Waals surface area contributed by atoms with E-state index in [1.54, 1.807) is 11.3 Å². The first-order chi connectivity index (χ1) is 10.7. The SMILES string of the molecule is Cc1ccc(-c2ccc(O[C@@H]3C4CCN(CC4)[C@H]3C)nc2)s1. The maximum Gasteiger partial charge on any atom is 0.213 e. The van der Waals surface area contributed by atoms with E-state index in [1.807, 2.05) is 12.3 Å². The monoisotopic (exact) mass is 314 g/mol. The molecule has 2 aromatic rings. The van der Waals surface area contributed by atoms with Crippen LogP contribution >= 0.6 is 11.3 Å². The molecule has 3 aliphatic rings. The first kappa shape index (κ1) is 14.2. The summed E-state index contributed by atoms with van der Waals surface area (Å²) in [5.41, 5.74) is 1.17. The average molecular weight is 314 g/mol. The molecule has 3 nitrogen and oxygen atoms in total. The minimum absolute atomic E-state index is 0.296. The lowest BCUT2D eigenvalue weighted by molar-refractivity contribution is -0.0525. The zero-order chi connectivity index (χ0) is 15.1. The minimum Gasteiger partial charge on any atom is -0.472 e. The number of rotatable bonds is 3. The second kappa shape index (κ2) is 5.67. The van der Waals surface area contributed by atoms with Gasteiger partial charge in [0, 0.05) is 33.6 Å². The second-order valence-electron chi connectivity index (χ2n) is 6.49. The Morgan fingerprint density at radius 1 is 1.18 bits per heavy atom. The molecule has 5 heterocycles. The van der Waals surface area contributed by atoms with Gasteiger partial charge in [0.1, 0.15) is 6.10 Å². The van der Waals surface area contributed by atoms with Crippen LogP contribution in [-0.4, -0.2) is 35.1 Å². The summed E-state index contributed by atoms with van der Waals surface area (Å²) >= 11 is 1.81. The van der Waals surface area contributed by atoms with E-state index in [0.717, 1.165) is 5.88 Å². The van der Waals surface area contributed by atoms with Crippen molar-refractivity contribution in [3.05, 3.63) is 35.3 Å². The third-order valence-electron chi connectivity index (χ3n) is 5.11. The molecule has 2 bridgehead atoms. The third kappa shape index (κ3) is 2.55. The molecule has 5 rings (SSSR count). The molecule has 4 heteroatoms. The van der Waals surface area contributed by atoms with Gasteiger partial charge in [-0.2, -0.15) is 0 Å². The number of aromatic nitrogens is 1. The van der Waals surface area contributed by atoms with Crippen molar-refractivity contribution >= 4 is 11.3 Å². The van der Waals surface area contributed by atoms with Crippen molar-refractivity contribution in [2.45, 2.75) is 38.8 Å². The summed E-state index contributed by atoms with van der Waals surface area (Å²) in [7, 11) is 0. The van der Waals surface area contributed by atoms with Crippen LogP contribution < -0.4 is 4.74 Å². The van der Waals surface area contributed by atoms with E-state index in [9.17, 15) is 0 Å². The van der Waals surface area contributed by atoms with E-state index in [2.05, 4.69) is 41.9 Å². The zero-order valence-corrected chi connectivity index (χ0v) is 14.0. The molecule has 2 aromatic heterocycles. The predicted octanol–water partition coefficient (Wildman–Crippen LogP) is 3.98. The summed E-state index contributed by atoms with van der Waals surface area (Å²) in [5, 5.41) is 0. The van der Waals surface area contributed by atoms with Crippen LogP contribution in [0.1, 0.15) is 24.6 Å². The smallest absolute Gasteiger partial charge is 0.213 e. The fraction of sp³-hybridized carbons (Fsp3) is 0.500. The summed E-state index contributed by atoms with van der Waals surface area (Å²) in [6, 6.07) is 8.97. The van der Waals surface area contributed by atoms with Gasteiger partial charge in [-0.1, -0.05) is 0 Å². The molecule has 3 fully saturated rings. The maximum absolute atomic E-state index is 6.25. The number of ether oxygens (including phenoxy) is 1. The van der Waals surface area contributed by atoms with Crippen molar-refractivity contribution in [1.82, 2.24) is 9.88 Å². The van der Waals surface area contributed by atoms with Crippen molar-refractivity contribution in [2.24, 2.45) is 5.92 Å². The van der Waals surface area contributed by atoms with Crippen molar-refractivity contribution in [3.63, 3.8) is 0 Å². The number of fused-ring (bicyclic) bond motifs is 3. The van der Waals surface area contributed by atoms with E-state index in [1.165, 1.54) is 41.2 Å². The Morgan fingerprint density at radius 2 is 2.00 bits per heavy atom. The molecule has 3 aliphatic heterocycles. The van der Waals surface area contributed by atoms with Gasteiger partial charge in [-0.15, -0.1) is 11.3 Å². The van der Waals surface area contributed by atoms with Gasteiger partial charge < -0.3 is 4.74 Å². The topological polar surface area (TPSA) is 25.4 Å². The Bertz CT molecular complexity index is 641. The van der Waals surface area contributed by atoms with Gasteiger partial charge in [-0.3, -0.25) is 4.90 Å². The van der Waals surface area contributed by atoms with Crippen LogP contribution in [0.3, 0.4) is 0 Å². The Hall–Kier alpha value is -1.39. The largest absolute Gasteiger partial charge is 0.472 e. The molecule has 0 unspecified atom stereocenters. The Kier molecular flexibility index (Phi) is 3.66. The van der Waals surface area contributed by atoms with E-state index in [-0.39, 0.29) is 0 Å². The quantitative estimate of drug-likeness (QED) is 0.857. The summed E-state index contributed by atoms with van der Waals surface area (Å²) < 4.78 is 6.25. The van der Waals surface area contributed by atoms with Gasteiger partial charge in [-0.25, -0.2) is 4.98 Å². The minimum atomic E-state index is 0.296. The molecule has 0 radical (unpaired) electrons. The second-order valence-corrected chi connectivity index (χ2v) is 7.78. The van der Waals surface area contributed by atoms with E-state index >= 15 is 0 Å². The summed E-state index contributed by atoms with van der Waals surface area (Å²) in [6.07, 6.45) is 4.76. The first-order valence-electron chi connectivity index (χ1n) is 8.14. The maximum atomic E-state index is 6.25. The Labute approximate surface area is 135 Å². The van der Waals surface area contributed by atoms with Gasteiger partial charge in [0.25, 0.3) is 0 Å². The van der Waals surface area contributed by atoms with Gasteiger partial charge >= 0.3 is 0 Å². The highest BCUT2D eigenvalue weighted by Crippen LogP contribution is 2.35. The first-order valence-corrected chi connectivity index (χ1v) is 8.96. The Morgan fingerprint density at radius 3 is 2.59 bits per heavy atom. The van der Waals surface area contributed by atoms with Gasteiger partial charge in [-0.05, 0) is 63.9 Å². The Balaban J connectivity index is 1.49. The van der Waals surface area contributed by atoms with Crippen LogP contribution in [0.15, 0.2) is 30.5 Å². The zero-order valence-electron chi connectivity index (χ0n) is 13.2. The van der Waals surface area contributed by atoms with Crippen LogP contribution in [0.25, 0.3) is 10.4 Å². The van der Waals surface area contributed by atoms with E-state index in [4.69, 9.17) is 4.74 Å². The lowest BCUT2D eigenvalue weighted by Gasteiger charge is -2.49. The lowest BCUT2D eigenvalue weighted by Crippen LogP contribution is -2.58. The fourth-order valence-electron chi connectivity index (χ4n) is 3.78. The molecule has 116 valence electrons. The van der Waals surface area contributed by atoms with Crippen molar-refractivity contribution in [2.75, 3.05) is 13.1 Å². The van der Waals surface area contributed by atoms with Crippen LogP contribution in [0.2, 0.25) is 0 Å². The van der Waals surface area contributed by atoms with Crippen LogP contribution in [0.5, 0.6) is 5.88 Å². The van der Waals surface area contributed by atoms with Gasteiger partial charge in [0.05, 0.1) is 0 Å². The standard InChI is InChI=1S/C18H22N2OS/c1-12-3-5-16(22-12)15-4-6-17(19-11-15)21-18-13(2)20-9-7-14(18)8-10-20/h3-6,11,13-14,18H,7-10H2,1-2H3/t13-,18-/m0/s1.